The molecule has 0 atom stereocenters. The fourth-order valence-corrected chi connectivity index (χ4v) is 4.14. The van der Waals surface area contributed by atoms with Crippen LogP contribution in [-0.4, -0.2) is 0 Å². The summed E-state index contributed by atoms with van der Waals surface area (Å²) in [5, 5.41) is 0. The van der Waals surface area contributed by atoms with Crippen molar-refractivity contribution >= 4 is 0 Å². The average molecular weight is 277 g/mol. The van der Waals surface area contributed by atoms with E-state index >= 15 is 0 Å². The summed E-state index contributed by atoms with van der Waals surface area (Å²) in [5.41, 5.74) is 0. The second-order valence-corrected chi connectivity index (χ2v) is 7.34. The highest BCUT2D eigenvalue weighted by atomic mass is 14.3. The van der Waals surface area contributed by atoms with Crippen LogP contribution in [0.3, 0.4) is 0 Å². The molecule has 2 bridgehead atoms. The van der Waals surface area contributed by atoms with Gasteiger partial charge in [0.15, 0.2) is 0 Å². The third-order valence-corrected chi connectivity index (χ3v) is 5.60. The van der Waals surface area contributed by atoms with Gasteiger partial charge in [0, 0.05) is 0 Å². The first-order chi connectivity index (χ1) is 9.95. The molecule has 0 nitrogen and oxygen atoms in total. The standard InChI is InChI=1S/C20H36/c1-2-4-6-8-10-12-14-20-17-15-19(16-18-20)13-11-9-7-5-3-1/h3,5,19-20H,1-2,4,6-18H2/b5-3+. The van der Waals surface area contributed by atoms with Crippen LogP contribution in [0.4, 0.5) is 0 Å². The Morgan fingerprint density at radius 2 is 0.800 bits per heavy atom. The maximum atomic E-state index is 2.44. The fourth-order valence-electron chi connectivity index (χ4n) is 4.14. The van der Waals surface area contributed by atoms with Crippen LogP contribution in [0.25, 0.3) is 0 Å². The smallest absolute Gasteiger partial charge is 0.0351 e. The van der Waals surface area contributed by atoms with Crippen molar-refractivity contribution in [3.8, 4) is 0 Å². The van der Waals surface area contributed by atoms with Crippen LogP contribution in [0.5, 0.6) is 0 Å². The Labute approximate surface area is 127 Å². The van der Waals surface area contributed by atoms with Crippen LogP contribution in [0, 0.1) is 11.8 Å². The summed E-state index contributed by atoms with van der Waals surface area (Å²) >= 11 is 0. The highest BCUT2D eigenvalue weighted by Crippen LogP contribution is 2.34. The van der Waals surface area contributed by atoms with Gasteiger partial charge in [-0.2, -0.15) is 0 Å². The zero-order chi connectivity index (χ0) is 13.9. The molecule has 116 valence electrons. The molecule has 0 heteroatoms. The SMILES string of the molecule is C1=C/CCCCC2CCC(CCCCCCCC/1)CC2. The Kier molecular flexibility index (Phi) is 8.43. The van der Waals surface area contributed by atoms with E-state index in [1.54, 1.807) is 25.7 Å². The van der Waals surface area contributed by atoms with Crippen LogP contribution in [0.2, 0.25) is 0 Å². The summed E-state index contributed by atoms with van der Waals surface area (Å²) in [6, 6.07) is 0. The van der Waals surface area contributed by atoms with Gasteiger partial charge in [-0.3, -0.25) is 0 Å². The highest BCUT2D eigenvalue weighted by Gasteiger charge is 2.20. The molecule has 0 aromatic rings. The first kappa shape index (κ1) is 16.1. The molecule has 20 heavy (non-hydrogen) atoms. The number of hydrogen-bond donors (Lipinski definition) is 0. The summed E-state index contributed by atoms with van der Waals surface area (Å²) < 4.78 is 0. The van der Waals surface area contributed by atoms with Gasteiger partial charge >= 0.3 is 0 Å². The molecule has 3 aliphatic carbocycles. The van der Waals surface area contributed by atoms with E-state index in [9.17, 15) is 0 Å². The Balaban J connectivity index is 1.69. The van der Waals surface area contributed by atoms with Crippen LogP contribution in [0.15, 0.2) is 12.2 Å². The molecule has 0 unspecified atom stereocenters. The molecule has 0 amide bonds. The Morgan fingerprint density at radius 1 is 0.400 bits per heavy atom. The van der Waals surface area contributed by atoms with Crippen LogP contribution >= 0.6 is 0 Å². The molecule has 0 aromatic carbocycles. The lowest BCUT2D eigenvalue weighted by molar-refractivity contribution is 0.245. The lowest BCUT2D eigenvalue weighted by Crippen LogP contribution is -2.14. The minimum Gasteiger partial charge on any atom is -0.0885 e. The van der Waals surface area contributed by atoms with Gasteiger partial charge in [0.05, 0.1) is 0 Å². The van der Waals surface area contributed by atoms with Gasteiger partial charge in [-0.1, -0.05) is 89.2 Å². The molecule has 1 fully saturated rings. The summed E-state index contributed by atoms with van der Waals surface area (Å²) in [7, 11) is 0. The molecule has 3 rings (SSSR count). The topological polar surface area (TPSA) is 0 Å². The highest BCUT2D eigenvalue weighted by molar-refractivity contribution is 4.81. The minimum absolute atomic E-state index is 1.08. The quantitative estimate of drug-likeness (QED) is 0.416. The predicted octanol–water partition coefficient (Wildman–Crippen LogP) is 7.04. The number of hydrogen-bond acceptors (Lipinski definition) is 0. The maximum Gasteiger partial charge on any atom is -0.0351 e. The van der Waals surface area contributed by atoms with E-state index in [0.717, 1.165) is 11.8 Å². The average Bonchev–Trinajstić information content (AvgIpc) is 2.48. The lowest BCUT2D eigenvalue weighted by Gasteiger charge is -2.28. The van der Waals surface area contributed by atoms with Crippen molar-refractivity contribution in [2.45, 2.75) is 103 Å². The van der Waals surface area contributed by atoms with E-state index in [1.807, 2.05) is 0 Å². The summed E-state index contributed by atoms with van der Waals surface area (Å²) in [5.74, 6) is 2.17. The van der Waals surface area contributed by atoms with Gasteiger partial charge < -0.3 is 0 Å². The van der Waals surface area contributed by atoms with Crippen molar-refractivity contribution in [1.82, 2.24) is 0 Å². The minimum atomic E-state index is 1.08. The van der Waals surface area contributed by atoms with E-state index in [-0.39, 0.29) is 0 Å². The molecule has 0 spiro atoms. The Bertz CT molecular complexity index is 245. The molecule has 0 saturated heterocycles. The van der Waals surface area contributed by atoms with E-state index in [4.69, 9.17) is 0 Å². The molecule has 0 aliphatic heterocycles. The molecular weight excluding hydrogens is 240 g/mol. The zero-order valence-corrected chi connectivity index (χ0v) is 13.6. The number of fused-ring (bicyclic) bond motifs is 14. The van der Waals surface area contributed by atoms with Crippen molar-refractivity contribution in [2.24, 2.45) is 11.8 Å². The normalized spacial score (nSPS) is 33.2. The second kappa shape index (κ2) is 10.5. The van der Waals surface area contributed by atoms with Crippen LogP contribution in [0.1, 0.15) is 103 Å². The first-order valence-corrected chi connectivity index (χ1v) is 9.60. The lowest BCUT2D eigenvalue weighted by atomic mass is 9.78. The third-order valence-electron chi connectivity index (χ3n) is 5.60. The van der Waals surface area contributed by atoms with Gasteiger partial charge in [0.1, 0.15) is 0 Å². The van der Waals surface area contributed by atoms with Crippen molar-refractivity contribution in [3.63, 3.8) is 0 Å². The number of allylic oxidation sites excluding steroid dienone is 2. The van der Waals surface area contributed by atoms with Gasteiger partial charge in [-0.25, -0.2) is 0 Å². The summed E-state index contributed by atoms with van der Waals surface area (Å²) in [6.45, 7) is 0. The van der Waals surface area contributed by atoms with Crippen molar-refractivity contribution < 1.29 is 0 Å². The van der Waals surface area contributed by atoms with Crippen molar-refractivity contribution in [3.05, 3.63) is 12.2 Å². The maximum absolute atomic E-state index is 2.44. The molecular formula is C20H36. The predicted molar refractivity (Wildman–Crippen MR) is 90.0 cm³/mol. The monoisotopic (exact) mass is 276 g/mol. The Hall–Kier alpha value is -0.260. The van der Waals surface area contributed by atoms with Crippen LogP contribution < -0.4 is 0 Å². The van der Waals surface area contributed by atoms with Gasteiger partial charge in [-0.05, 0) is 37.5 Å². The van der Waals surface area contributed by atoms with E-state index in [1.165, 1.54) is 77.0 Å². The second-order valence-electron chi connectivity index (χ2n) is 7.34. The van der Waals surface area contributed by atoms with Gasteiger partial charge in [0.2, 0.25) is 0 Å². The fraction of sp³-hybridized carbons (Fsp3) is 0.900. The summed E-state index contributed by atoms with van der Waals surface area (Å²) in [4.78, 5) is 0. The molecule has 1 saturated carbocycles. The molecule has 0 aromatic heterocycles. The van der Waals surface area contributed by atoms with E-state index < -0.39 is 0 Å². The van der Waals surface area contributed by atoms with Crippen molar-refractivity contribution in [1.29, 1.82) is 0 Å². The Morgan fingerprint density at radius 3 is 1.40 bits per heavy atom. The first-order valence-electron chi connectivity index (χ1n) is 9.60. The van der Waals surface area contributed by atoms with Gasteiger partial charge in [0.25, 0.3) is 0 Å². The van der Waals surface area contributed by atoms with Crippen molar-refractivity contribution in [2.75, 3.05) is 0 Å². The number of rotatable bonds is 0. The summed E-state index contributed by atoms with van der Waals surface area (Å²) in [6.07, 6.45) is 28.5. The van der Waals surface area contributed by atoms with Crippen LogP contribution in [-0.2, 0) is 0 Å². The van der Waals surface area contributed by atoms with E-state index in [2.05, 4.69) is 12.2 Å². The molecule has 3 aliphatic rings. The largest absolute Gasteiger partial charge is 0.0885 e. The molecule has 0 heterocycles. The molecule has 0 N–H and O–H groups in total. The zero-order valence-electron chi connectivity index (χ0n) is 13.6. The third kappa shape index (κ3) is 6.95. The van der Waals surface area contributed by atoms with E-state index in [0.29, 0.717) is 0 Å². The van der Waals surface area contributed by atoms with Gasteiger partial charge in [-0.15, -0.1) is 0 Å². The molecule has 0 radical (unpaired) electrons.